The van der Waals surface area contributed by atoms with Crippen molar-refractivity contribution >= 4 is 11.9 Å². The van der Waals surface area contributed by atoms with Crippen LogP contribution in [-0.4, -0.2) is 27.1 Å². The zero-order chi connectivity index (χ0) is 16.4. The highest BCUT2D eigenvalue weighted by Crippen LogP contribution is 2.50. The second kappa shape index (κ2) is 6.04. The molecule has 0 amide bonds. The lowest BCUT2D eigenvalue weighted by molar-refractivity contribution is 0.101. The number of methoxy groups -OCH3 is 3. The lowest BCUT2D eigenvalue weighted by Crippen LogP contribution is -2.00. The molecule has 1 aliphatic heterocycles. The molecule has 1 heterocycles. The third kappa shape index (κ3) is 2.50. The molecule has 0 atom stereocenters. The van der Waals surface area contributed by atoms with Crippen LogP contribution in [0.3, 0.4) is 0 Å². The fourth-order valence-electron chi connectivity index (χ4n) is 2.49. The molecule has 2 aromatic rings. The van der Waals surface area contributed by atoms with Crippen molar-refractivity contribution in [1.82, 2.24) is 0 Å². The highest BCUT2D eigenvalue weighted by molar-refractivity contribution is 6.17. The average Bonchev–Trinajstić information content (AvgIpc) is 2.91. The molecule has 0 radical (unpaired) electrons. The smallest absolute Gasteiger partial charge is 0.235 e. The van der Waals surface area contributed by atoms with Crippen molar-refractivity contribution in [3.63, 3.8) is 0 Å². The van der Waals surface area contributed by atoms with Crippen molar-refractivity contribution in [2.24, 2.45) is 0 Å². The van der Waals surface area contributed by atoms with Gasteiger partial charge in [0.1, 0.15) is 11.3 Å². The lowest BCUT2D eigenvalue weighted by Gasteiger charge is -2.13. The zero-order valence-electron chi connectivity index (χ0n) is 13.1. The molecule has 0 fully saturated rings. The Hall–Kier alpha value is -2.95. The first-order chi connectivity index (χ1) is 11.2. The molecule has 0 aliphatic carbocycles. The molecule has 5 nitrogen and oxygen atoms in total. The average molecular weight is 312 g/mol. The number of ether oxygens (including phenoxy) is 4. The molecule has 0 bridgehead atoms. The Kier molecular flexibility index (Phi) is 3.93. The number of benzene rings is 2. The summed E-state index contributed by atoms with van der Waals surface area (Å²) in [5.74, 6) is 1.48. The summed E-state index contributed by atoms with van der Waals surface area (Å²) in [6, 6.07) is 11.1. The Morgan fingerprint density at radius 1 is 0.957 bits per heavy atom. The third-order valence-corrected chi connectivity index (χ3v) is 3.57. The summed E-state index contributed by atoms with van der Waals surface area (Å²) in [5.41, 5.74) is 1.21. The monoisotopic (exact) mass is 312 g/mol. The van der Waals surface area contributed by atoms with Gasteiger partial charge in [0.2, 0.25) is 11.5 Å². The van der Waals surface area contributed by atoms with Crippen LogP contribution in [0, 0.1) is 0 Å². The number of ketones is 1. The van der Waals surface area contributed by atoms with Gasteiger partial charge in [-0.05, 0) is 11.6 Å². The molecule has 23 heavy (non-hydrogen) atoms. The predicted octanol–water partition coefficient (Wildman–Crippen LogP) is 3.33. The Bertz CT molecular complexity index is 778. The Labute approximate surface area is 134 Å². The Balaban J connectivity index is 2.13. The van der Waals surface area contributed by atoms with Gasteiger partial charge in [-0.2, -0.15) is 0 Å². The Morgan fingerprint density at radius 2 is 1.65 bits per heavy atom. The maximum atomic E-state index is 12.7. The minimum atomic E-state index is -0.248. The second-order valence-corrected chi connectivity index (χ2v) is 4.87. The van der Waals surface area contributed by atoms with Gasteiger partial charge in [0.25, 0.3) is 0 Å². The number of carbonyl (C=O) groups excluding carboxylic acids is 1. The van der Waals surface area contributed by atoms with Crippen LogP contribution in [-0.2, 0) is 0 Å². The van der Waals surface area contributed by atoms with Crippen molar-refractivity contribution in [3.05, 3.63) is 53.3 Å². The van der Waals surface area contributed by atoms with E-state index in [1.165, 1.54) is 21.3 Å². The van der Waals surface area contributed by atoms with Gasteiger partial charge >= 0.3 is 0 Å². The molecule has 0 saturated heterocycles. The van der Waals surface area contributed by atoms with Gasteiger partial charge in [0, 0.05) is 6.07 Å². The molecule has 3 rings (SSSR count). The first kappa shape index (κ1) is 15.0. The topological polar surface area (TPSA) is 54.0 Å². The maximum absolute atomic E-state index is 12.7. The first-order valence-corrected chi connectivity index (χ1v) is 7.01. The number of carbonyl (C=O) groups is 1. The van der Waals surface area contributed by atoms with Crippen molar-refractivity contribution in [1.29, 1.82) is 0 Å². The molecule has 118 valence electrons. The number of fused-ring (bicyclic) bond motifs is 1. The summed E-state index contributed by atoms with van der Waals surface area (Å²) in [6.07, 6.45) is 1.69. The summed E-state index contributed by atoms with van der Waals surface area (Å²) < 4.78 is 21.7. The lowest BCUT2D eigenvalue weighted by atomic mass is 10.1. The van der Waals surface area contributed by atoms with E-state index in [1.54, 1.807) is 12.1 Å². The van der Waals surface area contributed by atoms with E-state index >= 15 is 0 Å². The fourth-order valence-corrected chi connectivity index (χ4v) is 2.49. The molecule has 1 aliphatic rings. The third-order valence-electron chi connectivity index (χ3n) is 3.57. The van der Waals surface area contributed by atoms with Gasteiger partial charge in [-0.25, -0.2) is 0 Å². The molecule has 0 spiro atoms. The van der Waals surface area contributed by atoms with Crippen molar-refractivity contribution in [2.75, 3.05) is 21.3 Å². The van der Waals surface area contributed by atoms with E-state index in [9.17, 15) is 4.79 Å². The van der Waals surface area contributed by atoms with Gasteiger partial charge in [-0.3, -0.25) is 4.79 Å². The largest absolute Gasteiger partial charge is 0.496 e. The maximum Gasteiger partial charge on any atom is 0.235 e. The van der Waals surface area contributed by atoms with E-state index in [0.717, 1.165) is 5.56 Å². The molecule has 0 saturated carbocycles. The number of allylic oxidation sites excluding steroid dienone is 1. The molecule has 2 aromatic carbocycles. The summed E-state index contributed by atoms with van der Waals surface area (Å²) in [6.45, 7) is 0. The molecule has 0 N–H and O–H groups in total. The van der Waals surface area contributed by atoms with Crippen LogP contribution < -0.4 is 18.9 Å². The molecular weight excluding hydrogens is 296 g/mol. The highest BCUT2D eigenvalue weighted by atomic mass is 16.5. The van der Waals surface area contributed by atoms with Gasteiger partial charge < -0.3 is 18.9 Å². The van der Waals surface area contributed by atoms with Gasteiger partial charge in [0.15, 0.2) is 17.3 Å². The first-order valence-electron chi connectivity index (χ1n) is 7.01. The number of Topliss-reactive ketones (excluding diaryl/α,β-unsaturated/α-hetero) is 1. The number of hydrogen-bond donors (Lipinski definition) is 0. The van der Waals surface area contributed by atoms with E-state index in [-0.39, 0.29) is 11.5 Å². The minimum Gasteiger partial charge on any atom is -0.496 e. The van der Waals surface area contributed by atoms with Crippen LogP contribution in [0.15, 0.2) is 42.2 Å². The molecule has 0 aromatic heterocycles. The van der Waals surface area contributed by atoms with E-state index in [0.29, 0.717) is 28.6 Å². The summed E-state index contributed by atoms with van der Waals surface area (Å²) in [4.78, 5) is 12.7. The van der Waals surface area contributed by atoms with Gasteiger partial charge in [-0.15, -0.1) is 0 Å². The van der Waals surface area contributed by atoms with Crippen LogP contribution in [0.25, 0.3) is 6.08 Å². The number of rotatable bonds is 4. The van der Waals surface area contributed by atoms with Crippen molar-refractivity contribution < 1.29 is 23.7 Å². The van der Waals surface area contributed by atoms with E-state index < -0.39 is 0 Å². The van der Waals surface area contributed by atoms with Crippen molar-refractivity contribution in [2.45, 2.75) is 0 Å². The van der Waals surface area contributed by atoms with Crippen LogP contribution in [0.1, 0.15) is 15.9 Å². The minimum absolute atomic E-state index is 0.219. The number of hydrogen-bond acceptors (Lipinski definition) is 5. The predicted molar refractivity (Wildman–Crippen MR) is 85.5 cm³/mol. The fraction of sp³-hybridized carbons (Fsp3) is 0.167. The quantitative estimate of drug-likeness (QED) is 0.811. The van der Waals surface area contributed by atoms with Crippen LogP contribution >= 0.6 is 0 Å². The zero-order valence-corrected chi connectivity index (χ0v) is 13.1. The molecule has 0 unspecified atom stereocenters. The summed E-state index contributed by atoms with van der Waals surface area (Å²) in [5, 5.41) is 0. The molecule has 5 heteroatoms. The normalized spacial score (nSPS) is 14.4. The highest BCUT2D eigenvalue weighted by Gasteiger charge is 2.36. The van der Waals surface area contributed by atoms with Crippen LogP contribution in [0.4, 0.5) is 0 Å². The standard InChI is InChI=1S/C18H16O5/c1-20-12-10-14(21-2)17(22-3)18-15(12)16(19)13(23-18)9-11-7-5-4-6-8-11/h4-10H,1-3H3. The van der Waals surface area contributed by atoms with Gasteiger partial charge in [0.05, 0.1) is 21.3 Å². The Morgan fingerprint density at radius 3 is 2.26 bits per heavy atom. The second-order valence-electron chi connectivity index (χ2n) is 4.87. The molecular formula is C18H16O5. The van der Waals surface area contributed by atoms with Crippen molar-refractivity contribution in [3.8, 4) is 23.0 Å². The van der Waals surface area contributed by atoms with E-state index in [2.05, 4.69) is 0 Å². The summed E-state index contributed by atoms with van der Waals surface area (Å²) >= 11 is 0. The van der Waals surface area contributed by atoms with E-state index in [4.69, 9.17) is 18.9 Å². The van der Waals surface area contributed by atoms with E-state index in [1.807, 2.05) is 30.3 Å². The summed E-state index contributed by atoms with van der Waals surface area (Å²) in [7, 11) is 4.51. The SMILES string of the molecule is COc1cc(OC)c2c(c1OC)OC(=Cc1ccccc1)C2=O. The van der Waals surface area contributed by atoms with Gasteiger partial charge in [-0.1, -0.05) is 30.3 Å². The van der Waals surface area contributed by atoms with Crippen LogP contribution in [0.5, 0.6) is 23.0 Å². The van der Waals surface area contributed by atoms with Crippen LogP contribution in [0.2, 0.25) is 0 Å².